The van der Waals surface area contributed by atoms with E-state index in [0.29, 0.717) is 6.54 Å². The fourth-order valence-corrected chi connectivity index (χ4v) is 0.677. The Bertz CT molecular complexity index is 143. The number of aliphatic imine (C=N–C) groups is 1. The first-order valence-electron chi connectivity index (χ1n) is 2.83. The van der Waals surface area contributed by atoms with E-state index in [4.69, 9.17) is 0 Å². The molecule has 0 radical (unpaired) electrons. The monoisotopic (exact) mass is 127 g/mol. The van der Waals surface area contributed by atoms with Crippen molar-refractivity contribution in [3.63, 3.8) is 0 Å². The second kappa shape index (κ2) is 2.48. The fourth-order valence-electron chi connectivity index (χ4n) is 0.677. The number of nitrogens with zero attached hydrogens (tertiary/aromatic N) is 2. The van der Waals surface area contributed by atoms with Crippen LogP contribution in [-0.4, -0.2) is 37.4 Å². The molecule has 0 aliphatic carbocycles. The minimum Gasteiger partial charge on any atom is -0.341 e. The Kier molecular flexibility index (Phi) is 1.67. The number of amides is 2. The summed E-state index contributed by atoms with van der Waals surface area (Å²) in [5, 5.41) is 2.50. The molecule has 2 amide bonds. The normalized spacial score (nSPS) is 16.3. The maximum atomic E-state index is 10.7. The van der Waals surface area contributed by atoms with Gasteiger partial charge in [0.1, 0.15) is 0 Å². The number of hydrogen-bond acceptors (Lipinski definition) is 2. The summed E-state index contributed by atoms with van der Waals surface area (Å²) in [6, 6.07) is -0.0868. The Labute approximate surface area is 53.6 Å². The fraction of sp³-hybridized carbons (Fsp3) is 0.600. The van der Waals surface area contributed by atoms with Crippen LogP contribution in [0.3, 0.4) is 0 Å². The zero-order valence-electron chi connectivity index (χ0n) is 5.29. The summed E-state index contributed by atoms with van der Waals surface area (Å²) < 4.78 is 0. The molecule has 50 valence electrons. The molecule has 0 saturated carbocycles. The molecule has 0 aromatic heterocycles. The summed E-state index contributed by atoms with van der Waals surface area (Å²) in [7, 11) is 1.61. The second-order valence-corrected chi connectivity index (χ2v) is 1.77. The van der Waals surface area contributed by atoms with E-state index < -0.39 is 0 Å². The van der Waals surface area contributed by atoms with Gasteiger partial charge in [-0.25, -0.2) is 4.79 Å². The van der Waals surface area contributed by atoms with Gasteiger partial charge in [0.25, 0.3) is 0 Å². The lowest BCUT2D eigenvalue weighted by Gasteiger charge is -2.08. The van der Waals surface area contributed by atoms with Gasteiger partial charge in [0.15, 0.2) is 0 Å². The summed E-state index contributed by atoms with van der Waals surface area (Å²) in [5.41, 5.74) is 0. The largest absolute Gasteiger partial charge is 0.341 e. The van der Waals surface area contributed by atoms with E-state index in [0.717, 1.165) is 6.54 Å². The van der Waals surface area contributed by atoms with Gasteiger partial charge in [-0.15, -0.1) is 0 Å². The SMILES string of the molecule is CNC(=O)N1C=NCC1. The number of carbonyl (C=O) groups excluding carboxylic acids is 1. The molecule has 4 nitrogen and oxygen atoms in total. The zero-order chi connectivity index (χ0) is 6.69. The molecule has 9 heavy (non-hydrogen) atoms. The first kappa shape index (κ1) is 6.07. The number of carbonyl (C=O) groups is 1. The summed E-state index contributed by atoms with van der Waals surface area (Å²) in [4.78, 5) is 16.2. The van der Waals surface area contributed by atoms with Crippen LogP contribution in [-0.2, 0) is 0 Å². The molecule has 1 rings (SSSR count). The molecular formula is C5H9N3O. The van der Waals surface area contributed by atoms with Gasteiger partial charge in [0.2, 0.25) is 0 Å². The molecule has 0 spiro atoms. The molecule has 4 heteroatoms. The van der Waals surface area contributed by atoms with E-state index in [9.17, 15) is 4.79 Å². The number of urea groups is 1. The zero-order valence-corrected chi connectivity index (χ0v) is 5.29. The van der Waals surface area contributed by atoms with Crippen molar-refractivity contribution in [2.45, 2.75) is 0 Å². The van der Waals surface area contributed by atoms with Crippen LogP contribution in [0.25, 0.3) is 0 Å². The smallest absolute Gasteiger partial charge is 0.322 e. The van der Waals surface area contributed by atoms with E-state index >= 15 is 0 Å². The lowest BCUT2D eigenvalue weighted by Crippen LogP contribution is -2.35. The summed E-state index contributed by atoms with van der Waals surface area (Å²) >= 11 is 0. The molecule has 1 heterocycles. The van der Waals surface area contributed by atoms with Crippen LogP contribution in [0.1, 0.15) is 0 Å². The molecule has 0 aromatic rings. The molecule has 1 N–H and O–H groups in total. The van der Waals surface area contributed by atoms with Crippen molar-refractivity contribution in [1.29, 1.82) is 0 Å². The van der Waals surface area contributed by atoms with Crippen LogP contribution in [0.5, 0.6) is 0 Å². The molecular weight excluding hydrogens is 118 g/mol. The highest BCUT2D eigenvalue weighted by molar-refractivity contribution is 5.87. The van der Waals surface area contributed by atoms with E-state index in [-0.39, 0.29) is 6.03 Å². The van der Waals surface area contributed by atoms with E-state index in [1.165, 1.54) is 0 Å². The third-order valence-corrected chi connectivity index (χ3v) is 1.17. The quantitative estimate of drug-likeness (QED) is 0.475. The third kappa shape index (κ3) is 1.19. The Morgan fingerprint density at radius 3 is 3.11 bits per heavy atom. The van der Waals surface area contributed by atoms with Crippen molar-refractivity contribution in [1.82, 2.24) is 10.2 Å². The van der Waals surface area contributed by atoms with Gasteiger partial charge in [0, 0.05) is 13.6 Å². The number of rotatable bonds is 0. The molecule has 0 saturated heterocycles. The first-order chi connectivity index (χ1) is 4.34. The highest BCUT2D eigenvalue weighted by Crippen LogP contribution is 1.91. The molecule has 1 aliphatic rings. The average Bonchev–Trinajstić information content (AvgIpc) is 2.37. The number of hydrogen-bond donors (Lipinski definition) is 1. The lowest BCUT2D eigenvalue weighted by molar-refractivity contribution is 0.226. The minimum absolute atomic E-state index is 0.0868. The van der Waals surface area contributed by atoms with E-state index in [1.807, 2.05) is 0 Å². The minimum atomic E-state index is -0.0868. The van der Waals surface area contributed by atoms with Crippen LogP contribution in [0.2, 0.25) is 0 Å². The van der Waals surface area contributed by atoms with Crippen molar-refractivity contribution >= 4 is 12.4 Å². The summed E-state index contributed by atoms with van der Waals surface area (Å²) in [6.45, 7) is 1.44. The third-order valence-electron chi connectivity index (χ3n) is 1.17. The standard InChI is InChI=1S/C5H9N3O/c1-6-5(9)8-3-2-7-4-8/h4H,2-3H2,1H3,(H,6,9). The van der Waals surface area contributed by atoms with Crippen LogP contribution in [0.15, 0.2) is 4.99 Å². The first-order valence-corrected chi connectivity index (χ1v) is 2.83. The molecule has 0 unspecified atom stereocenters. The predicted octanol–water partition coefficient (Wildman–Crippen LogP) is -0.330. The Balaban J connectivity index is 2.43. The van der Waals surface area contributed by atoms with Gasteiger partial charge in [-0.05, 0) is 0 Å². The maximum absolute atomic E-state index is 10.7. The van der Waals surface area contributed by atoms with Gasteiger partial charge >= 0.3 is 6.03 Å². The molecule has 0 fully saturated rings. The molecule has 0 aromatic carbocycles. The predicted molar refractivity (Wildman–Crippen MR) is 34.5 cm³/mol. The Morgan fingerprint density at radius 1 is 1.89 bits per heavy atom. The summed E-state index contributed by atoms with van der Waals surface area (Å²) in [5.74, 6) is 0. The van der Waals surface area contributed by atoms with Gasteiger partial charge in [-0.2, -0.15) is 0 Å². The van der Waals surface area contributed by atoms with Crippen molar-refractivity contribution in [2.24, 2.45) is 4.99 Å². The lowest BCUT2D eigenvalue weighted by atomic mass is 10.6. The van der Waals surface area contributed by atoms with Crippen molar-refractivity contribution < 1.29 is 4.79 Å². The Hall–Kier alpha value is -1.06. The Morgan fingerprint density at radius 2 is 2.67 bits per heavy atom. The van der Waals surface area contributed by atoms with Gasteiger partial charge in [-0.1, -0.05) is 0 Å². The molecule has 1 aliphatic heterocycles. The molecule has 0 bridgehead atoms. The van der Waals surface area contributed by atoms with Crippen LogP contribution < -0.4 is 5.32 Å². The topological polar surface area (TPSA) is 44.7 Å². The van der Waals surface area contributed by atoms with E-state index in [2.05, 4.69) is 10.3 Å². The highest BCUT2D eigenvalue weighted by Gasteiger charge is 2.10. The van der Waals surface area contributed by atoms with Gasteiger partial charge in [0.05, 0.1) is 12.9 Å². The maximum Gasteiger partial charge on any atom is 0.322 e. The highest BCUT2D eigenvalue weighted by atomic mass is 16.2. The summed E-state index contributed by atoms with van der Waals surface area (Å²) in [6.07, 6.45) is 1.55. The van der Waals surface area contributed by atoms with Crippen LogP contribution in [0.4, 0.5) is 4.79 Å². The second-order valence-electron chi connectivity index (χ2n) is 1.77. The van der Waals surface area contributed by atoms with Crippen molar-refractivity contribution in [3.05, 3.63) is 0 Å². The number of nitrogens with one attached hydrogen (secondary N) is 1. The van der Waals surface area contributed by atoms with Crippen molar-refractivity contribution in [3.8, 4) is 0 Å². The average molecular weight is 127 g/mol. The van der Waals surface area contributed by atoms with Gasteiger partial charge in [-0.3, -0.25) is 9.89 Å². The van der Waals surface area contributed by atoms with Crippen LogP contribution in [0, 0.1) is 0 Å². The van der Waals surface area contributed by atoms with E-state index in [1.54, 1.807) is 18.3 Å². The van der Waals surface area contributed by atoms with Crippen LogP contribution >= 0.6 is 0 Å². The van der Waals surface area contributed by atoms with Crippen molar-refractivity contribution in [2.75, 3.05) is 20.1 Å². The molecule has 0 atom stereocenters. The van der Waals surface area contributed by atoms with Gasteiger partial charge < -0.3 is 5.32 Å².